The Hall–Kier alpha value is -3.42. The maximum Gasteiger partial charge on any atom is 0.325 e. The molecule has 0 aliphatic rings. The van der Waals surface area contributed by atoms with Gasteiger partial charge >= 0.3 is 5.97 Å². The molecule has 26 heavy (non-hydrogen) atoms. The van der Waals surface area contributed by atoms with Gasteiger partial charge in [-0.15, -0.1) is 0 Å². The average molecular weight is 353 g/mol. The van der Waals surface area contributed by atoms with Crippen molar-refractivity contribution in [2.24, 2.45) is 0 Å². The van der Waals surface area contributed by atoms with Gasteiger partial charge in [-0.2, -0.15) is 10.2 Å². The number of carboxylic acids is 1. The lowest BCUT2D eigenvalue weighted by Gasteiger charge is -2.08. The van der Waals surface area contributed by atoms with Crippen molar-refractivity contribution in [2.45, 2.75) is 26.9 Å². The van der Waals surface area contributed by atoms with Gasteiger partial charge in [0.25, 0.3) is 5.91 Å². The number of hydrogen-bond donors (Lipinski definition) is 2. The van der Waals surface area contributed by atoms with Gasteiger partial charge in [0.15, 0.2) is 0 Å². The fraction of sp³-hybridized carbons (Fsp3) is 0.222. The zero-order valence-electron chi connectivity index (χ0n) is 14.5. The zero-order valence-corrected chi connectivity index (χ0v) is 14.5. The molecule has 1 aromatic carbocycles. The minimum absolute atomic E-state index is 0.182. The van der Waals surface area contributed by atoms with Gasteiger partial charge in [0.1, 0.15) is 12.2 Å². The van der Waals surface area contributed by atoms with E-state index < -0.39 is 11.9 Å². The van der Waals surface area contributed by atoms with Gasteiger partial charge in [-0.1, -0.05) is 30.3 Å². The molecule has 2 heterocycles. The predicted molar refractivity (Wildman–Crippen MR) is 95.1 cm³/mol. The van der Waals surface area contributed by atoms with Crippen LogP contribution in [-0.2, 0) is 17.9 Å². The molecular weight excluding hydrogens is 334 g/mol. The SMILES string of the molecule is Cc1nn(Cc2ccccc2)c(C)c1NC(=O)c1ccnn1CC(=O)O. The standard InChI is InChI=1S/C18H19N5O3/c1-12-17(13(2)22(21-12)10-14-6-4-3-5-7-14)20-18(26)15-8-9-19-23(15)11-16(24)25/h3-9H,10-11H2,1-2H3,(H,20,26)(H,24,25). The molecule has 0 spiro atoms. The van der Waals surface area contributed by atoms with Gasteiger partial charge in [-0.25, -0.2) is 4.68 Å². The Labute approximate surface area is 150 Å². The minimum Gasteiger partial charge on any atom is -0.480 e. The molecule has 0 radical (unpaired) electrons. The van der Waals surface area contributed by atoms with Crippen LogP contribution in [-0.4, -0.2) is 36.5 Å². The molecule has 134 valence electrons. The van der Waals surface area contributed by atoms with Crippen molar-refractivity contribution >= 4 is 17.6 Å². The second kappa shape index (κ2) is 7.22. The number of amides is 1. The highest BCUT2D eigenvalue weighted by atomic mass is 16.4. The van der Waals surface area contributed by atoms with E-state index in [4.69, 9.17) is 5.11 Å². The van der Waals surface area contributed by atoms with Crippen molar-refractivity contribution in [1.29, 1.82) is 0 Å². The molecule has 1 amide bonds. The van der Waals surface area contributed by atoms with Crippen LogP contribution in [0.4, 0.5) is 5.69 Å². The molecule has 0 aliphatic carbocycles. The first kappa shape index (κ1) is 17.4. The zero-order chi connectivity index (χ0) is 18.7. The van der Waals surface area contributed by atoms with E-state index in [2.05, 4.69) is 15.5 Å². The van der Waals surface area contributed by atoms with E-state index >= 15 is 0 Å². The second-order valence-corrected chi connectivity index (χ2v) is 5.91. The Bertz CT molecular complexity index is 943. The van der Waals surface area contributed by atoms with Crippen LogP contribution in [0.25, 0.3) is 0 Å². The molecular formula is C18H19N5O3. The van der Waals surface area contributed by atoms with E-state index in [1.807, 2.05) is 48.9 Å². The molecule has 0 fully saturated rings. The highest BCUT2D eigenvalue weighted by Crippen LogP contribution is 2.21. The van der Waals surface area contributed by atoms with Gasteiger partial charge in [0.05, 0.1) is 23.6 Å². The molecule has 0 saturated heterocycles. The molecule has 0 unspecified atom stereocenters. The Morgan fingerprint density at radius 2 is 1.85 bits per heavy atom. The van der Waals surface area contributed by atoms with Crippen molar-refractivity contribution in [3.63, 3.8) is 0 Å². The van der Waals surface area contributed by atoms with Crippen molar-refractivity contribution in [1.82, 2.24) is 19.6 Å². The van der Waals surface area contributed by atoms with Crippen molar-refractivity contribution < 1.29 is 14.7 Å². The van der Waals surface area contributed by atoms with E-state index in [0.29, 0.717) is 17.9 Å². The Morgan fingerprint density at radius 1 is 1.12 bits per heavy atom. The lowest BCUT2D eigenvalue weighted by Crippen LogP contribution is -2.21. The van der Waals surface area contributed by atoms with Crippen LogP contribution in [0.2, 0.25) is 0 Å². The Balaban J connectivity index is 1.81. The number of carboxylic acid groups (broad SMARTS) is 1. The number of aliphatic carboxylic acids is 1. The van der Waals surface area contributed by atoms with E-state index in [0.717, 1.165) is 15.9 Å². The topological polar surface area (TPSA) is 102 Å². The lowest BCUT2D eigenvalue weighted by molar-refractivity contribution is -0.137. The lowest BCUT2D eigenvalue weighted by atomic mass is 10.2. The molecule has 0 saturated carbocycles. The van der Waals surface area contributed by atoms with Crippen molar-refractivity contribution in [2.75, 3.05) is 5.32 Å². The third-order valence-corrected chi connectivity index (χ3v) is 4.03. The molecule has 3 aromatic rings. The monoisotopic (exact) mass is 353 g/mol. The number of nitrogens with zero attached hydrogens (tertiary/aromatic N) is 4. The maximum atomic E-state index is 12.5. The fourth-order valence-corrected chi connectivity index (χ4v) is 2.75. The van der Waals surface area contributed by atoms with Gasteiger partial charge in [0, 0.05) is 6.20 Å². The smallest absolute Gasteiger partial charge is 0.325 e. The van der Waals surface area contributed by atoms with E-state index in [1.165, 1.54) is 12.3 Å². The van der Waals surface area contributed by atoms with Gasteiger partial charge < -0.3 is 10.4 Å². The summed E-state index contributed by atoms with van der Waals surface area (Å²) < 4.78 is 2.98. The molecule has 2 aromatic heterocycles. The van der Waals surface area contributed by atoms with Crippen LogP contribution in [0.3, 0.4) is 0 Å². The number of hydrogen-bond acceptors (Lipinski definition) is 4. The molecule has 0 atom stereocenters. The molecule has 0 aliphatic heterocycles. The third-order valence-electron chi connectivity index (χ3n) is 4.03. The summed E-state index contributed by atoms with van der Waals surface area (Å²) in [5.41, 5.74) is 3.42. The highest BCUT2D eigenvalue weighted by molar-refractivity contribution is 6.03. The molecule has 2 N–H and O–H groups in total. The van der Waals surface area contributed by atoms with Crippen LogP contribution >= 0.6 is 0 Å². The summed E-state index contributed by atoms with van der Waals surface area (Å²) in [6.07, 6.45) is 1.40. The summed E-state index contributed by atoms with van der Waals surface area (Å²) in [7, 11) is 0. The largest absolute Gasteiger partial charge is 0.480 e. The molecule has 8 nitrogen and oxygen atoms in total. The number of nitrogens with one attached hydrogen (secondary N) is 1. The molecule has 8 heteroatoms. The summed E-state index contributed by atoms with van der Waals surface area (Å²) in [4.78, 5) is 23.4. The summed E-state index contributed by atoms with van der Waals surface area (Å²) in [5.74, 6) is -1.49. The van der Waals surface area contributed by atoms with E-state index in [9.17, 15) is 9.59 Å². The molecule has 0 bridgehead atoms. The predicted octanol–water partition coefficient (Wildman–Crippen LogP) is 2.08. The maximum absolute atomic E-state index is 12.5. The summed E-state index contributed by atoms with van der Waals surface area (Å²) in [6.45, 7) is 3.92. The Kier molecular flexibility index (Phi) is 4.83. The summed E-state index contributed by atoms with van der Waals surface area (Å²) in [6, 6.07) is 11.4. The highest BCUT2D eigenvalue weighted by Gasteiger charge is 2.18. The van der Waals surface area contributed by atoms with Gasteiger partial charge in [-0.3, -0.25) is 14.3 Å². The van der Waals surface area contributed by atoms with Crippen LogP contribution in [0.5, 0.6) is 0 Å². The van der Waals surface area contributed by atoms with Crippen molar-refractivity contribution in [3.05, 3.63) is 65.2 Å². The second-order valence-electron chi connectivity index (χ2n) is 5.91. The quantitative estimate of drug-likeness (QED) is 0.706. The fourth-order valence-electron chi connectivity index (χ4n) is 2.75. The number of benzene rings is 1. The van der Waals surface area contributed by atoms with Crippen LogP contribution in [0.1, 0.15) is 27.4 Å². The van der Waals surface area contributed by atoms with Crippen molar-refractivity contribution in [3.8, 4) is 0 Å². The number of aryl methyl sites for hydroxylation is 1. The van der Waals surface area contributed by atoms with E-state index in [1.54, 1.807) is 0 Å². The number of rotatable bonds is 6. The Morgan fingerprint density at radius 3 is 2.54 bits per heavy atom. The van der Waals surface area contributed by atoms with Gasteiger partial charge in [-0.05, 0) is 25.5 Å². The summed E-state index contributed by atoms with van der Waals surface area (Å²) in [5, 5.41) is 20.1. The molecule has 3 rings (SSSR count). The normalized spacial score (nSPS) is 10.7. The first-order chi connectivity index (χ1) is 12.5. The first-order valence-electron chi connectivity index (χ1n) is 8.08. The first-order valence-corrected chi connectivity index (χ1v) is 8.08. The minimum atomic E-state index is -1.06. The number of carbonyl (C=O) groups excluding carboxylic acids is 1. The van der Waals surface area contributed by atoms with E-state index in [-0.39, 0.29) is 12.2 Å². The number of aromatic nitrogens is 4. The van der Waals surface area contributed by atoms with Gasteiger partial charge in [0.2, 0.25) is 0 Å². The number of carbonyl (C=O) groups is 2. The van der Waals surface area contributed by atoms with Crippen LogP contribution in [0, 0.1) is 13.8 Å². The third kappa shape index (κ3) is 3.64. The average Bonchev–Trinajstić information content (AvgIpc) is 3.15. The number of anilines is 1. The van der Waals surface area contributed by atoms with Crippen LogP contribution in [0.15, 0.2) is 42.6 Å². The van der Waals surface area contributed by atoms with Crippen LogP contribution < -0.4 is 5.32 Å². The summed E-state index contributed by atoms with van der Waals surface area (Å²) >= 11 is 0.